The fourth-order valence-corrected chi connectivity index (χ4v) is 1.98. The summed E-state index contributed by atoms with van der Waals surface area (Å²) in [5.41, 5.74) is 3.74. The van der Waals surface area contributed by atoms with Crippen LogP contribution in [0.15, 0.2) is 28.1 Å². The molecule has 8 heteroatoms. The van der Waals surface area contributed by atoms with Gasteiger partial charge >= 0.3 is 0 Å². The molecule has 0 amide bonds. The maximum Gasteiger partial charge on any atom is 0.252 e. The van der Waals surface area contributed by atoms with Gasteiger partial charge in [0.1, 0.15) is 0 Å². The molecule has 0 radical (unpaired) electrons. The normalized spacial score (nSPS) is 10.6. The Kier molecular flexibility index (Phi) is 5.19. The second-order valence-corrected chi connectivity index (χ2v) is 4.56. The molecular weight excluding hydrogens is 300 g/mol. The Balaban J connectivity index is 2.23. The smallest absolute Gasteiger partial charge is 0.252 e. The van der Waals surface area contributed by atoms with Crippen molar-refractivity contribution in [3.63, 3.8) is 0 Å². The van der Waals surface area contributed by atoms with Gasteiger partial charge in [0.05, 0.1) is 27.5 Å². The van der Waals surface area contributed by atoms with Crippen molar-refractivity contribution in [1.82, 2.24) is 9.97 Å². The minimum Gasteiger partial charge on any atom is -0.493 e. The zero-order chi connectivity index (χ0) is 16.8. The number of nitrogens with one attached hydrogen (secondary N) is 2. The van der Waals surface area contributed by atoms with Gasteiger partial charge in [0.25, 0.3) is 5.56 Å². The maximum absolute atomic E-state index is 11.3. The van der Waals surface area contributed by atoms with Crippen LogP contribution < -0.4 is 25.2 Å². The van der Waals surface area contributed by atoms with Gasteiger partial charge in [0.15, 0.2) is 11.5 Å². The van der Waals surface area contributed by atoms with Crippen molar-refractivity contribution in [3.8, 4) is 17.2 Å². The predicted octanol–water partition coefficient (Wildman–Crippen LogP) is 1.55. The van der Waals surface area contributed by atoms with Crippen LogP contribution in [0.25, 0.3) is 0 Å². The monoisotopic (exact) mass is 318 g/mol. The molecule has 23 heavy (non-hydrogen) atoms. The minimum absolute atomic E-state index is 0.247. The molecule has 1 heterocycles. The van der Waals surface area contributed by atoms with E-state index in [1.54, 1.807) is 25.3 Å². The fraction of sp³-hybridized carbons (Fsp3) is 0.267. The van der Waals surface area contributed by atoms with Crippen LogP contribution >= 0.6 is 0 Å². The lowest BCUT2D eigenvalue weighted by atomic mass is 10.2. The van der Waals surface area contributed by atoms with Crippen molar-refractivity contribution < 1.29 is 14.2 Å². The molecule has 0 aliphatic heterocycles. The predicted molar refractivity (Wildman–Crippen MR) is 86.9 cm³/mol. The number of ether oxygens (including phenoxy) is 3. The topological polar surface area (TPSA) is 97.8 Å². The number of hydrazone groups is 1. The standard InChI is InChI=1S/C15H18N4O4/c1-9-5-13(20)18-15(17-9)19-16-8-10-6-11(21-2)14(23-4)12(7-10)22-3/h5-8H,1-4H3,(H2,17,18,19,20)/b16-8+. The molecule has 0 saturated carbocycles. The van der Waals surface area contributed by atoms with Gasteiger partial charge in [0, 0.05) is 17.3 Å². The van der Waals surface area contributed by atoms with E-state index < -0.39 is 0 Å². The van der Waals surface area contributed by atoms with Crippen LogP contribution in [0.2, 0.25) is 0 Å². The summed E-state index contributed by atoms with van der Waals surface area (Å²) in [5, 5.41) is 4.04. The zero-order valence-corrected chi connectivity index (χ0v) is 13.3. The third kappa shape index (κ3) is 4.00. The van der Waals surface area contributed by atoms with Gasteiger partial charge < -0.3 is 14.2 Å². The average Bonchev–Trinajstić information content (AvgIpc) is 2.52. The van der Waals surface area contributed by atoms with Crippen LogP contribution in [0.4, 0.5) is 5.95 Å². The fourth-order valence-electron chi connectivity index (χ4n) is 1.98. The van der Waals surface area contributed by atoms with E-state index >= 15 is 0 Å². The van der Waals surface area contributed by atoms with Gasteiger partial charge in [-0.2, -0.15) is 5.10 Å². The summed E-state index contributed by atoms with van der Waals surface area (Å²) < 4.78 is 15.8. The minimum atomic E-state index is -0.247. The Labute approximate surface area is 133 Å². The first-order valence-corrected chi connectivity index (χ1v) is 6.74. The van der Waals surface area contributed by atoms with Crippen LogP contribution in [0, 0.1) is 6.92 Å². The Morgan fingerprint density at radius 3 is 2.30 bits per heavy atom. The molecule has 2 aromatic rings. The molecule has 0 aliphatic carbocycles. The van der Waals surface area contributed by atoms with E-state index in [9.17, 15) is 4.79 Å². The van der Waals surface area contributed by atoms with Crippen LogP contribution in [0.3, 0.4) is 0 Å². The summed E-state index contributed by atoms with van der Waals surface area (Å²) in [6.45, 7) is 1.73. The average molecular weight is 318 g/mol. The highest BCUT2D eigenvalue weighted by Crippen LogP contribution is 2.37. The number of aromatic amines is 1. The number of methoxy groups -OCH3 is 3. The Morgan fingerprint density at radius 2 is 1.78 bits per heavy atom. The van der Waals surface area contributed by atoms with Crippen LogP contribution in [0.5, 0.6) is 17.2 Å². The third-order valence-electron chi connectivity index (χ3n) is 2.94. The van der Waals surface area contributed by atoms with Gasteiger partial charge in [-0.1, -0.05) is 0 Å². The largest absolute Gasteiger partial charge is 0.493 e. The van der Waals surface area contributed by atoms with E-state index in [1.807, 2.05) is 0 Å². The summed E-state index contributed by atoms with van der Waals surface area (Å²) in [6, 6.07) is 4.89. The second kappa shape index (κ2) is 7.30. The highest BCUT2D eigenvalue weighted by molar-refractivity contribution is 5.82. The van der Waals surface area contributed by atoms with E-state index in [0.29, 0.717) is 22.9 Å². The van der Waals surface area contributed by atoms with E-state index in [0.717, 1.165) is 5.56 Å². The Morgan fingerprint density at radius 1 is 1.13 bits per heavy atom. The van der Waals surface area contributed by atoms with Crippen LogP contribution in [-0.4, -0.2) is 37.5 Å². The first-order valence-electron chi connectivity index (χ1n) is 6.74. The highest BCUT2D eigenvalue weighted by Gasteiger charge is 2.12. The highest BCUT2D eigenvalue weighted by atomic mass is 16.5. The number of hydrogen-bond donors (Lipinski definition) is 2. The van der Waals surface area contributed by atoms with Crippen molar-refractivity contribution in [2.24, 2.45) is 5.10 Å². The molecule has 0 fully saturated rings. The van der Waals surface area contributed by atoms with E-state index in [2.05, 4.69) is 20.5 Å². The number of aromatic nitrogens is 2. The Hall–Kier alpha value is -3.03. The number of anilines is 1. The van der Waals surface area contributed by atoms with Crippen LogP contribution in [0.1, 0.15) is 11.3 Å². The van der Waals surface area contributed by atoms with Gasteiger partial charge in [-0.05, 0) is 19.1 Å². The maximum atomic E-state index is 11.3. The van der Waals surface area contributed by atoms with E-state index in [1.165, 1.54) is 27.4 Å². The molecule has 0 atom stereocenters. The first kappa shape index (κ1) is 16.3. The molecule has 122 valence electrons. The molecule has 0 spiro atoms. The number of hydrogen-bond acceptors (Lipinski definition) is 7. The van der Waals surface area contributed by atoms with Crippen molar-refractivity contribution in [2.75, 3.05) is 26.8 Å². The summed E-state index contributed by atoms with van der Waals surface area (Å²) in [5.74, 6) is 1.81. The van der Waals surface area contributed by atoms with Gasteiger partial charge in [0.2, 0.25) is 11.7 Å². The molecule has 0 bridgehead atoms. The summed E-state index contributed by atoms with van der Waals surface area (Å²) >= 11 is 0. The summed E-state index contributed by atoms with van der Waals surface area (Å²) in [4.78, 5) is 18.0. The number of benzene rings is 1. The van der Waals surface area contributed by atoms with Crippen molar-refractivity contribution in [3.05, 3.63) is 39.8 Å². The van der Waals surface area contributed by atoms with Gasteiger partial charge in [-0.3, -0.25) is 9.78 Å². The SMILES string of the molecule is COc1cc(/C=N/Nc2nc(C)cc(=O)[nH]2)cc(OC)c1OC. The van der Waals surface area contributed by atoms with E-state index in [-0.39, 0.29) is 11.5 Å². The Bertz CT molecular complexity index is 745. The number of nitrogens with zero attached hydrogens (tertiary/aromatic N) is 2. The second-order valence-electron chi connectivity index (χ2n) is 4.56. The number of aryl methyl sites for hydroxylation is 1. The molecule has 0 unspecified atom stereocenters. The molecule has 1 aromatic heterocycles. The van der Waals surface area contributed by atoms with Crippen molar-refractivity contribution in [2.45, 2.75) is 6.92 Å². The lowest BCUT2D eigenvalue weighted by Crippen LogP contribution is -2.10. The summed E-state index contributed by atoms with van der Waals surface area (Å²) in [7, 11) is 4.62. The summed E-state index contributed by atoms with van der Waals surface area (Å²) in [6.07, 6.45) is 1.55. The molecule has 2 N–H and O–H groups in total. The molecule has 0 aliphatic rings. The third-order valence-corrected chi connectivity index (χ3v) is 2.94. The van der Waals surface area contributed by atoms with Gasteiger partial charge in [-0.15, -0.1) is 0 Å². The molecule has 8 nitrogen and oxygen atoms in total. The van der Waals surface area contributed by atoms with Gasteiger partial charge in [-0.25, -0.2) is 10.4 Å². The number of H-pyrrole nitrogens is 1. The van der Waals surface area contributed by atoms with E-state index in [4.69, 9.17) is 14.2 Å². The molecule has 0 saturated heterocycles. The van der Waals surface area contributed by atoms with Crippen LogP contribution in [-0.2, 0) is 0 Å². The molecule has 2 rings (SSSR count). The number of rotatable bonds is 6. The quantitative estimate of drug-likeness (QED) is 0.619. The zero-order valence-electron chi connectivity index (χ0n) is 13.3. The van der Waals surface area contributed by atoms with Crippen molar-refractivity contribution in [1.29, 1.82) is 0 Å². The van der Waals surface area contributed by atoms with Crippen molar-refractivity contribution >= 4 is 12.2 Å². The lowest BCUT2D eigenvalue weighted by Gasteiger charge is -2.12. The lowest BCUT2D eigenvalue weighted by molar-refractivity contribution is 0.324. The molecular formula is C15H18N4O4. The molecule has 1 aromatic carbocycles. The first-order chi connectivity index (χ1) is 11.1.